The van der Waals surface area contributed by atoms with Gasteiger partial charge in [-0.15, -0.1) is 0 Å². The highest BCUT2D eigenvalue weighted by Crippen LogP contribution is 2.14. The molecule has 1 rings (SSSR count). The van der Waals surface area contributed by atoms with E-state index in [0.717, 1.165) is 5.56 Å². The first-order valence-corrected chi connectivity index (χ1v) is 5.42. The predicted octanol–water partition coefficient (Wildman–Crippen LogP) is 0.918. The molecule has 0 aromatic heterocycles. The maximum Gasteiger partial charge on any atom is 0.267 e. The van der Waals surface area contributed by atoms with Crippen molar-refractivity contribution in [3.8, 4) is 5.75 Å². The van der Waals surface area contributed by atoms with Gasteiger partial charge in [0, 0.05) is 14.0 Å². The Labute approximate surface area is 106 Å². The number of amides is 2. The average Bonchev–Trinajstić information content (AvgIpc) is 2.36. The molecule has 0 unspecified atom stereocenters. The number of nitrogens with one attached hydrogen (secondary N) is 2. The molecular weight excluding hydrogens is 232 g/mol. The standard InChI is InChI=1S/C13H16N2O3/c1-9(16)15-12(13(17)14-2)8-10-5-4-6-11(7-10)18-3/h4-8H,1-3H3,(H,14,17)(H,15,16)/b12-8-. The van der Waals surface area contributed by atoms with Crippen LogP contribution in [0.3, 0.4) is 0 Å². The summed E-state index contributed by atoms with van der Waals surface area (Å²) in [6, 6.07) is 7.19. The number of hydrogen-bond donors (Lipinski definition) is 2. The Hall–Kier alpha value is -2.30. The highest BCUT2D eigenvalue weighted by molar-refractivity contribution is 6.00. The van der Waals surface area contributed by atoms with Crippen LogP contribution in [0.1, 0.15) is 12.5 Å². The maximum atomic E-state index is 11.6. The van der Waals surface area contributed by atoms with Crippen LogP contribution in [0.2, 0.25) is 0 Å². The van der Waals surface area contributed by atoms with Gasteiger partial charge < -0.3 is 15.4 Å². The zero-order chi connectivity index (χ0) is 13.5. The second-order valence-corrected chi connectivity index (χ2v) is 3.59. The fourth-order valence-corrected chi connectivity index (χ4v) is 1.38. The third kappa shape index (κ3) is 3.93. The van der Waals surface area contributed by atoms with Crippen molar-refractivity contribution in [2.24, 2.45) is 0 Å². The lowest BCUT2D eigenvalue weighted by atomic mass is 10.1. The quantitative estimate of drug-likeness (QED) is 0.778. The minimum Gasteiger partial charge on any atom is -0.497 e. The molecule has 0 aliphatic carbocycles. The summed E-state index contributed by atoms with van der Waals surface area (Å²) in [6.07, 6.45) is 1.59. The van der Waals surface area contributed by atoms with E-state index in [9.17, 15) is 9.59 Å². The summed E-state index contributed by atoms with van der Waals surface area (Å²) in [7, 11) is 3.07. The van der Waals surface area contributed by atoms with E-state index in [1.54, 1.807) is 31.4 Å². The molecule has 0 fully saturated rings. The molecule has 18 heavy (non-hydrogen) atoms. The van der Waals surface area contributed by atoms with Crippen LogP contribution in [0.15, 0.2) is 30.0 Å². The maximum absolute atomic E-state index is 11.6. The smallest absolute Gasteiger partial charge is 0.267 e. The van der Waals surface area contributed by atoms with Crippen molar-refractivity contribution < 1.29 is 14.3 Å². The molecule has 0 bridgehead atoms. The van der Waals surface area contributed by atoms with E-state index in [4.69, 9.17) is 4.74 Å². The summed E-state index contributed by atoms with van der Waals surface area (Å²) >= 11 is 0. The lowest BCUT2D eigenvalue weighted by molar-refractivity contribution is -0.122. The van der Waals surface area contributed by atoms with Gasteiger partial charge in [-0.2, -0.15) is 0 Å². The molecule has 0 spiro atoms. The number of rotatable bonds is 4. The molecule has 5 heteroatoms. The minimum atomic E-state index is -0.354. The van der Waals surface area contributed by atoms with Crippen molar-refractivity contribution in [3.63, 3.8) is 0 Å². The number of hydrogen-bond acceptors (Lipinski definition) is 3. The zero-order valence-electron chi connectivity index (χ0n) is 10.6. The Morgan fingerprint density at radius 3 is 2.61 bits per heavy atom. The molecule has 0 aliphatic rings. The molecule has 0 atom stereocenters. The Morgan fingerprint density at radius 1 is 1.33 bits per heavy atom. The SMILES string of the molecule is CNC(=O)/C(=C/c1cccc(OC)c1)NC(C)=O. The van der Waals surface area contributed by atoms with Crippen LogP contribution >= 0.6 is 0 Å². The molecule has 0 heterocycles. The first-order valence-electron chi connectivity index (χ1n) is 5.42. The first-order chi connectivity index (χ1) is 8.56. The lowest BCUT2D eigenvalue weighted by Gasteiger charge is -2.07. The Morgan fingerprint density at radius 2 is 2.06 bits per heavy atom. The van der Waals surface area contributed by atoms with E-state index < -0.39 is 0 Å². The second-order valence-electron chi connectivity index (χ2n) is 3.59. The van der Waals surface area contributed by atoms with Gasteiger partial charge in [-0.05, 0) is 23.8 Å². The van der Waals surface area contributed by atoms with Gasteiger partial charge in [-0.1, -0.05) is 12.1 Å². The fourth-order valence-electron chi connectivity index (χ4n) is 1.38. The van der Waals surface area contributed by atoms with Gasteiger partial charge in [0.15, 0.2) is 0 Å². The van der Waals surface area contributed by atoms with Crippen molar-refractivity contribution in [1.29, 1.82) is 0 Å². The summed E-state index contributed by atoms with van der Waals surface area (Å²) in [6.45, 7) is 1.35. The summed E-state index contributed by atoms with van der Waals surface area (Å²) in [5, 5.41) is 4.95. The van der Waals surface area contributed by atoms with Crippen molar-refractivity contribution in [3.05, 3.63) is 35.5 Å². The molecule has 1 aromatic carbocycles. The molecule has 0 radical (unpaired) electrons. The third-order valence-corrected chi connectivity index (χ3v) is 2.19. The summed E-state index contributed by atoms with van der Waals surface area (Å²) in [5.41, 5.74) is 0.958. The predicted molar refractivity (Wildman–Crippen MR) is 68.9 cm³/mol. The Balaban J connectivity index is 3.05. The number of carbonyl (C=O) groups excluding carboxylic acids is 2. The van der Waals surface area contributed by atoms with E-state index >= 15 is 0 Å². The monoisotopic (exact) mass is 248 g/mol. The van der Waals surface area contributed by atoms with E-state index in [1.165, 1.54) is 14.0 Å². The van der Waals surface area contributed by atoms with Crippen molar-refractivity contribution in [1.82, 2.24) is 10.6 Å². The molecule has 0 saturated heterocycles. The van der Waals surface area contributed by atoms with Crippen LogP contribution < -0.4 is 15.4 Å². The fraction of sp³-hybridized carbons (Fsp3) is 0.231. The largest absolute Gasteiger partial charge is 0.497 e. The summed E-state index contributed by atoms with van der Waals surface area (Å²) < 4.78 is 5.09. The second kappa shape index (κ2) is 6.44. The van der Waals surface area contributed by atoms with Crippen LogP contribution in [0.4, 0.5) is 0 Å². The van der Waals surface area contributed by atoms with Crippen LogP contribution in [-0.4, -0.2) is 26.0 Å². The number of benzene rings is 1. The number of carbonyl (C=O) groups is 2. The van der Waals surface area contributed by atoms with Gasteiger partial charge in [0.25, 0.3) is 5.91 Å². The molecular formula is C13H16N2O3. The van der Waals surface area contributed by atoms with Gasteiger partial charge >= 0.3 is 0 Å². The van der Waals surface area contributed by atoms with Gasteiger partial charge in [0.05, 0.1) is 7.11 Å². The topological polar surface area (TPSA) is 67.4 Å². The normalized spacial score (nSPS) is 10.7. The summed E-state index contributed by atoms with van der Waals surface area (Å²) in [4.78, 5) is 22.6. The average molecular weight is 248 g/mol. The highest BCUT2D eigenvalue weighted by Gasteiger charge is 2.09. The van der Waals surface area contributed by atoms with E-state index in [0.29, 0.717) is 5.75 Å². The van der Waals surface area contributed by atoms with Gasteiger partial charge in [0.1, 0.15) is 11.4 Å². The van der Waals surface area contributed by atoms with Crippen LogP contribution in [-0.2, 0) is 9.59 Å². The molecule has 0 saturated carbocycles. The Bertz CT molecular complexity index is 481. The van der Waals surface area contributed by atoms with Crippen LogP contribution in [0.5, 0.6) is 5.75 Å². The Kier molecular flexibility index (Phi) is 4.92. The van der Waals surface area contributed by atoms with E-state index in [1.807, 2.05) is 6.07 Å². The number of ether oxygens (including phenoxy) is 1. The molecule has 0 aliphatic heterocycles. The molecule has 96 valence electrons. The number of methoxy groups -OCH3 is 1. The molecule has 2 N–H and O–H groups in total. The van der Waals surface area contributed by atoms with Gasteiger partial charge in [0.2, 0.25) is 5.91 Å². The van der Waals surface area contributed by atoms with E-state index in [-0.39, 0.29) is 17.5 Å². The van der Waals surface area contributed by atoms with Crippen molar-refractivity contribution in [2.75, 3.05) is 14.2 Å². The highest BCUT2D eigenvalue weighted by atomic mass is 16.5. The van der Waals surface area contributed by atoms with E-state index in [2.05, 4.69) is 10.6 Å². The van der Waals surface area contributed by atoms with Gasteiger partial charge in [-0.3, -0.25) is 9.59 Å². The van der Waals surface area contributed by atoms with Gasteiger partial charge in [-0.25, -0.2) is 0 Å². The molecule has 5 nitrogen and oxygen atoms in total. The number of likely N-dealkylation sites (N-methyl/N-ethyl adjacent to an activating group) is 1. The minimum absolute atomic E-state index is 0.193. The molecule has 2 amide bonds. The van der Waals surface area contributed by atoms with Crippen LogP contribution in [0, 0.1) is 0 Å². The molecule has 1 aromatic rings. The first kappa shape index (κ1) is 13.8. The van der Waals surface area contributed by atoms with Crippen LogP contribution in [0.25, 0.3) is 6.08 Å². The van der Waals surface area contributed by atoms with Crippen molar-refractivity contribution >= 4 is 17.9 Å². The summed E-state index contributed by atoms with van der Waals surface area (Å²) in [5.74, 6) is 0.0311. The van der Waals surface area contributed by atoms with Crippen molar-refractivity contribution in [2.45, 2.75) is 6.92 Å². The lowest BCUT2D eigenvalue weighted by Crippen LogP contribution is -2.31. The third-order valence-electron chi connectivity index (χ3n) is 2.19. The zero-order valence-corrected chi connectivity index (χ0v) is 10.6.